The van der Waals surface area contributed by atoms with Crippen LogP contribution in [0.25, 0.3) is 11.1 Å². The van der Waals surface area contributed by atoms with Crippen molar-refractivity contribution in [3.8, 4) is 22.6 Å². The molecule has 0 amide bonds. The lowest BCUT2D eigenvalue weighted by Crippen LogP contribution is -2.39. The molecule has 31 heavy (non-hydrogen) atoms. The van der Waals surface area contributed by atoms with Crippen LogP contribution in [0.1, 0.15) is 43.2 Å². The van der Waals surface area contributed by atoms with Crippen LogP contribution < -0.4 is 14.8 Å². The fourth-order valence-electron chi connectivity index (χ4n) is 4.73. The number of methoxy groups -OCH3 is 1. The normalized spacial score (nSPS) is 21.1. The quantitative estimate of drug-likeness (QED) is 0.495. The minimum Gasteiger partial charge on any atom is -0.454 e. The topological polar surface area (TPSA) is 43.0 Å². The highest BCUT2D eigenvalue weighted by atomic mass is 32.1. The summed E-state index contributed by atoms with van der Waals surface area (Å²) in [7, 11) is 3.77. The molecule has 0 fully saturated rings. The van der Waals surface area contributed by atoms with Gasteiger partial charge in [-0.15, -0.1) is 0 Å². The van der Waals surface area contributed by atoms with Gasteiger partial charge in [-0.05, 0) is 70.8 Å². The molecule has 0 bridgehead atoms. The first kappa shape index (κ1) is 21.9. The molecule has 2 aromatic carbocycles. The maximum atomic E-state index is 5.56. The minimum absolute atomic E-state index is 0.305. The SMILES string of the molecule is COCCNC(=S)N(C)CCC1c2ccc(-c3ccc4c(c3)OCO4)cc2C(C)[C@H]1C. The molecule has 2 aliphatic rings. The van der Waals surface area contributed by atoms with Crippen LogP contribution in [-0.4, -0.2) is 50.7 Å². The summed E-state index contributed by atoms with van der Waals surface area (Å²) < 4.78 is 16.1. The fourth-order valence-corrected chi connectivity index (χ4v) is 4.92. The van der Waals surface area contributed by atoms with E-state index < -0.39 is 0 Å². The number of benzene rings is 2. The van der Waals surface area contributed by atoms with Crippen molar-refractivity contribution >= 4 is 17.3 Å². The highest BCUT2D eigenvalue weighted by Gasteiger charge is 2.35. The molecule has 0 radical (unpaired) electrons. The Balaban J connectivity index is 1.46. The molecule has 2 unspecified atom stereocenters. The Kier molecular flexibility index (Phi) is 6.68. The van der Waals surface area contributed by atoms with Gasteiger partial charge in [0.1, 0.15) is 0 Å². The average molecular weight is 441 g/mol. The molecule has 4 rings (SSSR count). The van der Waals surface area contributed by atoms with Gasteiger partial charge in [-0.25, -0.2) is 0 Å². The Morgan fingerprint density at radius 2 is 1.84 bits per heavy atom. The lowest BCUT2D eigenvalue weighted by molar-refractivity contribution is 0.174. The predicted octanol–water partition coefficient (Wildman–Crippen LogP) is 4.76. The van der Waals surface area contributed by atoms with Crippen molar-refractivity contribution in [2.24, 2.45) is 5.92 Å². The monoisotopic (exact) mass is 440 g/mol. The second kappa shape index (κ2) is 9.45. The van der Waals surface area contributed by atoms with E-state index in [1.54, 1.807) is 7.11 Å². The van der Waals surface area contributed by atoms with Gasteiger partial charge < -0.3 is 24.4 Å². The van der Waals surface area contributed by atoms with E-state index in [1.165, 1.54) is 22.3 Å². The van der Waals surface area contributed by atoms with Crippen LogP contribution in [0.3, 0.4) is 0 Å². The van der Waals surface area contributed by atoms with E-state index >= 15 is 0 Å². The molecular formula is C25H32N2O3S. The summed E-state index contributed by atoms with van der Waals surface area (Å²) in [6.45, 7) is 7.37. The molecular weight excluding hydrogens is 408 g/mol. The zero-order chi connectivity index (χ0) is 22.0. The smallest absolute Gasteiger partial charge is 0.231 e. The van der Waals surface area contributed by atoms with Gasteiger partial charge in [-0.1, -0.05) is 38.1 Å². The van der Waals surface area contributed by atoms with Crippen molar-refractivity contribution < 1.29 is 14.2 Å². The van der Waals surface area contributed by atoms with Crippen LogP contribution >= 0.6 is 12.2 Å². The number of nitrogens with zero attached hydrogens (tertiary/aromatic N) is 1. The Labute approximate surface area is 190 Å². The second-order valence-corrected chi connectivity index (χ2v) is 8.99. The molecule has 1 aliphatic carbocycles. The Bertz CT molecular complexity index is 948. The van der Waals surface area contributed by atoms with Gasteiger partial charge in [-0.3, -0.25) is 0 Å². The zero-order valence-electron chi connectivity index (χ0n) is 18.8. The van der Waals surface area contributed by atoms with E-state index in [2.05, 4.69) is 61.4 Å². The number of nitrogens with one attached hydrogen (secondary N) is 1. The van der Waals surface area contributed by atoms with Crippen molar-refractivity contribution in [3.05, 3.63) is 47.5 Å². The molecule has 0 saturated heterocycles. The summed E-state index contributed by atoms with van der Waals surface area (Å²) in [6.07, 6.45) is 1.09. The van der Waals surface area contributed by atoms with Crippen LogP contribution in [0.2, 0.25) is 0 Å². The standard InChI is InChI=1S/C25H32N2O3S/c1-16-17(2)22-13-18(19-6-8-23-24(14-19)30-15-29-23)5-7-21(22)20(16)9-11-27(3)25(31)26-10-12-28-4/h5-8,13-14,16-17,20H,9-12,15H2,1-4H3,(H,26,31)/t16-,17?,20?/m1/s1. The lowest BCUT2D eigenvalue weighted by atomic mass is 9.87. The van der Waals surface area contributed by atoms with Crippen LogP contribution in [0.15, 0.2) is 36.4 Å². The highest BCUT2D eigenvalue weighted by molar-refractivity contribution is 7.80. The molecule has 1 aliphatic heterocycles. The van der Waals surface area contributed by atoms with E-state index in [0.29, 0.717) is 31.2 Å². The van der Waals surface area contributed by atoms with E-state index in [1.807, 2.05) is 6.07 Å². The summed E-state index contributed by atoms with van der Waals surface area (Å²) in [5.74, 6) is 3.33. The van der Waals surface area contributed by atoms with Gasteiger partial charge in [0, 0.05) is 27.2 Å². The molecule has 6 heteroatoms. The zero-order valence-corrected chi connectivity index (χ0v) is 19.6. The summed E-state index contributed by atoms with van der Waals surface area (Å²) in [4.78, 5) is 2.14. The maximum Gasteiger partial charge on any atom is 0.231 e. The van der Waals surface area contributed by atoms with E-state index in [-0.39, 0.29) is 0 Å². The van der Waals surface area contributed by atoms with Crippen molar-refractivity contribution in [3.63, 3.8) is 0 Å². The largest absolute Gasteiger partial charge is 0.454 e. The minimum atomic E-state index is 0.305. The van der Waals surface area contributed by atoms with Gasteiger partial charge in [-0.2, -0.15) is 0 Å². The van der Waals surface area contributed by atoms with Gasteiger partial charge in [0.2, 0.25) is 6.79 Å². The highest BCUT2D eigenvalue weighted by Crippen LogP contribution is 2.49. The third-order valence-electron chi connectivity index (χ3n) is 6.81. The Hall–Kier alpha value is -2.31. The Morgan fingerprint density at radius 1 is 1.10 bits per heavy atom. The van der Waals surface area contributed by atoms with Gasteiger partial charge in [0.05, 0.1) is 6.61 Å². The van der Waals surface area contributed by atoms with Crippen molar-refractivity contribution in [2.45, 2.75) is 32.1 Å². The molecule has 0 spiro atoms. The number of rotatable bonds is 7. The number of hydrogen-bond acceptors (Lipinski definition) is 4. The maximum absolute atomic E-state index is 5.56. The second-order valence-electron chi connectivity index (χ2n) is 8.60. The summed E-state index contributed by atoms with van der Waals surface area (Å²) in [6, 6.07) is 13.1. The fraction of sp³-hybridized carbons (Fsp3) is 0.480. The van der Waals surface area contributed by atoms with Crippen LogP contribution in [0.5, 0.6) is 11.5 Å². The van der Waals surface area contributed by atoms with Crippen molar-refractivity contribution in [1.29, 1.82) is 0 Å². The summed E-state index contributed by atoms with van der Waals surface area (Å²) >= 11 is 5.51. The molecule has 166 valence electrons. The summed E-state index contributed by atoms with van der Waals surface area (Å²) in [5.41, 5.74) is 5.35. The third kappa shape index (κ3) is 4.51. The Morgan fingerprint density at radius 3 is 2.65 bits per heavy atom. The predicted molar refractivity (Wildman–Crippen MR) is 128 cm³/mol. The van der Waals surface area contributed by atoms with Crippen LogP contribution in [-0.2, 0) is 4.74 Å². The number of thiocarbonyl (C=S) groups is 1. The van der Waals surface area contributed by atoms with Crippen molar-refractivity contribution in [1.82, 2.24) is 10.2 Å². The van der Waals surface area contributed by atoms with Gasteiger partial charge >= 0.3 is 0 Å². The molecule has 1 heterocycles. The van der Waals surface area contributed by atoms with Crippen LogP contribution in [0.4, 0.5) is 0 Å². The average Bonchev–Trinajstić information content (AvgIpc) is 3.34. The van der Waals surface area contributed by atoms with E-state index in [0.717, 1.165) is 36.1 Å². The summed E-state index contributed by atoms with van der Waals surface area (Å²) in [5, 5.41) is 4.04. The number of hydrogen-bond donors (Lipinski definition) is 1. The molecule has 3 atom stereocenters. The first-order valence-corrected chi connectivity index (χ1v) is 11.4. The number of ether oxygens (including phenoxy) is 3. The molecule has 2 aromatic rings. The first-order chi connectivity index (χ1) is 15.0. The van der Waals surface area contributed by atoms with Gasteiger partial charge in [0.25, 0.3) is 0 Å². The van der Waals surface area contributed by atoms with E-state index in [9.17, 15) is 0 Å². The lowest BCUT2D eigenvalue weighted by Gasteiger charge is -2.25. The molecule has 5 nitrogen and oxygen atoms in total. The van der Waals surface area contributed by atoms with E-state index in [4.69, 9.17) is 26.4 Å². The molecule has 0 aromatic heterocycles. The number of fused-ring (bicyclic) bond motifs is 2. The first-order valence-electron chi connectivity index (χ1n) is 11.0. The molecule has 1 N–H and O–H groups in total. The van der Waals surface area contributed by atoms with Gasteiger partial charge in [0.15, 0.2) is 16.6 Å². The molecule has 0 saturated carbocycles. The third-order valence-corrected chi connectivity index (χ3v) is 7.27. The van der Waals surface area contributed by atoms with Crippen LogP contribution in [0, 0.1) is 5.92 Å². The van der Waals surface area contributed by atoms with Crippen molar-refractivity contribution in [2.75, 3.05) is 40.6 Å².